The van der Waals surface area contributed by atoms with E-state index in [0.717, 1.165) is 0 Å². The van der Waals surface area contributed by atoms with E-state index in [9.17, 15) is 27.9 Å². The third kappa shape index (κ3) is 1.58. The van der Waals surface area contributed by atoms with Crippen molar-refractivity contribution in [3.8, 4) is 0 Å². The Balaban J connectivity index is 2.04. The summed E-state index contributed by atoms with van der Waals surface area (Å²) in [5.41, 5.74) is -3.09. The van der Waals surface area contributed by atoms with Crippen molar-refractivity contribution in [1.29, 1.82) is 0 Å². The van der Waals surface area contributed by atoms with Gasteiger partial charge < -0.3 is 15.1 Å². The molecule has 0 spiro atoms. The smallest absolute Gasteiger partial charge is 0.471 e. The number of amides is 1. The Hall–Kier alpha value is -1.31. The molecule has 0 unspecified atom stereocenters. The third-order valence-corrected chi connectivity index (χ3v) is 3.48. The zero-order valence-electron chi connectivity index (χ0n) is 8.62. The lowest BCUT2D eigenvalue weighted by Gasteiger charge is -2.49. The van der Waals surface area contributed by atoms with Crippen molar-refractivity contribution in [2.24, 2.45) is 5.41 Å². The number of β-amino-alcohol motifs (C(OH)–C–C–N with tert-alkyl or cyclic N) is 1. The molecule has 2 rings (SSSR count). The van der Waals surface area contributed by atoms with Crippen molar-refractivity contribution in [3.05, 3.63) is 0 Å². The molecule has 1 aliphatic heterocycles. The zero-order valence-corrected chi connectivity index (χ0v) is 8.62. The second kappa shape index (κ2) is 3.12. The van der Waals surface area contributed by atoms with Crippen LogP contribution in [0.1, 0.15) is 12.8 Å². The van der Waals surface area contributed by atoms with Crippen molar-refractivity contribution < 1.29 is 33.0 Å². The van der Waals surface area contributed by atoms with Gasteiger partial charge in [0.25, 0.3) is 0 Å². The minimum absolute atomic E-state index is 0.229. The predicted octanol–water partition coefficient (Wildman–Crippen LogP) is -0.0132. The number of hydrogen-bond donors (Lipinski definition) is 2. The Kier molecular flexibility index (Phi) is 2.23. The molecule has 1 saturated heterocycles. The van der Waals surface area contributed by atoms with Gasteiger partial charge in [-0.25, -0.2) is 0 Å². The summed E-state index contributed by atoms with van der Waals surface area (Å²) >= 11 is 0. The largest absolute Gasteiger partial charge is 0.481 e. The van der Waals surface area contributed by atoms with Crippen molar-refractivity contribution in [3.63, 3.8) is 0 Å². The summed E-state index contributed by atoms with van der Waals surface area (Å²) in [5, 5.41) is 18.8. The van der Waals surface area contributed by atoms with E-state index in [1.165, 1.54) is 0 Å². The maximum absolute atomic E-state index is 12.1. The number of carbonyl (C=O) groups excluding carboxylic acids is 1. The van der Waals surface area contributed by atoms with Crippen LogP contribution < -0.4 is 0 Å². The van der Waals surface area contributed by atoms with Crippen LogP contribution in [0.2, 0.25) is 0 Å². The number of aliphatic hydroxyl groups is 1. The maximum Gasteiger partial charge on any atom is 0.471 e. The summed E-state index contributed by atoms with van der Waals surface area (Å²) in [5.74, 6) is -3.26. The van der Waals surface area contributed by atoms with E-state index < -0.39 is 42.2 Å². The number of nitrogens with zero attached hydrogens (tertiary/aromatic N) is 1. The van der Waals surface area contributed by atoms with Gasteiger partial charge in [-0.15, -0.1) is 0 Å². The fraction of sp³-hybridized carbons (Fsp3) is 0.778. The molecule has 0 bridgehead atoms. The Morgan fingerprint density at radius 3 is 1.94 bits per heavy atom. The Bertz CT molecular complexity index is 382. The van der Waals surface area contributed by atoms with E-state index in [1.807, 2.05) is 0 Å². The Labute approximate surface area is 93.8 Å². The number of carboxylic acid groups (broad SMARTS) is 1. The van der Waals surface area contributed by atoms with E-state index in [0.29, 0.717) is 4.90 Å². The first-order chi connectivity index (χ1) is 7.62. The van der Waals surface area contributed by atoms with Crippen LogP contribution >= 0.6 is 0 Å². The summed E-state index contributed by atoms with van der Waals surface area (Å²) < 4.78 is 36.2. The van der Waals surface area contributed by atoms with Gasteiger partial charge in [0, 0.05) is 0 Å². The highest BCUT2D eigenvalue weighted by Gasteiger charge is 2.70. The number of carboxylic acids is 1. The highest BCUT2D eigenvalue weighted by molar-refractivity contribution is 5.85. The standard InChI is InChI=1S/C9H10F3NO4/c10-9(11,12)5(14)13-3-8(17,4-13)7(1-2-7)6(15)16/h17H,1-4H2,(H,15,16). The van der Waals surface area contributed by atoms with Gasteiger partial charge >= 0.3 is 18.1 Å². The lowest BCUT2D eigenvalue weighted by Crippen LogP contribution is -2.70. The van der Waals surface area contributed by atoms with Crippen molar-refractivity contribution in [1.82, 2.24) is 4.90 Å². The highest BCUT2D eigenvalue weighted by atomic mass is 19.4. The predicted molar refractivity (Wildman–Crippen MR) is 46.9 cm³/mol. The molecule has 8 heteroatoms. The molecule has 2 aliphatic rings. The Morgan fingerprint density at radius 2 is 1.65 bits per heavy atom. The van der Waals surface area contributed by atoms with Crippen LogP contribution in [0.5, 0.6) is 0 Å². The van der Waals surface area contributed by atoms with E-state index >= 15 is 0 Å². The molecule has 1 heterocycles. The molecule has 1 saturated carbocycles. The summed E-state index contributed by atoms with van der Waals surface area (Å²) in [7, 11) is 0. The molecule has 1 amide bonds. The van der Waals surface area contributed by atoms with Gasteiger partial charge in [-0.2, -0.15) is 13.2 Å². The summed E-state index contributed by atoms with van der Waals surface area (Å²) in [6, 6.07) is 0. The van der Waals surface area contributed by atoms with Crippen LogP contribution in [-0.4, -0.2) is 51.9 Å². The number of halogens is 3. The average molecular weight is 253 g/mol. The van der Waals surface area contributed by atoms with Gasteiger partial charge in [0.1, 0.15) is 5.60 Å². The number of hydrogen-bond acceptors (Lipinski definition) is 3. The molecule has 0 aromatic rings. The van der Waals surface area contributed by atoms with E-state index in [2.05, 4.69) is 0 Å². The van der Waals surface area contributed by atoms with E-state index in [1.54, 1.807) is 0 Å². The van der Waals surface area contributed by atoms with Gasteiger partial charge in [-0.05, 0) is 12.8 Å². The second-order valence-corrected chi connectivity index (χ2v) is 4.58. The molecule has 0 aromatic heterocycles. The molecular weight excluding hydrogens is 243 g/mol. The summed E-state index contributed by atoms with van der Waals surface area (Å²) in [6.45, 7) is -1.14. The molecule has 1 aliphatic carbocycles. The van der Waals surface area contributed by atoms with Crippen molar-refractivity contribution in [2.75, 3.05) is 13.1 Å². The molecule has 96 valence electrons. The zero-order chi connectivity index (χ0) is 13.1. The minimum Gasteiger partial charge on any atom is -0.481 e. The molecule has 2 fully saturated rings. The molecule has 17 heavy (non-hydrogen) atoms. The number of aliphatic carboxylic acids is 1. The number of carbonyl (C=O) groups is 2. The van der Waals surface area contributed by atoms with Crippen LogP contribution in [0.15, 0.2) is 0 Å². The van der Waals surface area contributed by atoms with Crippen LogP contribution in [0, 0.1) is 5.41 Å². The topological polar surface area (TPSA) is 77.8 Å². The number of likely N-dealkylation sites (tertiary alicyclic amines) is 1. The molecule has 0 atom stereocenters. The second-order valence-electron chi connectivity index (χ2n) is 4.58. The fourth-order valence-electron chi connectivity index (χ4n) is 2.21. The lowest BCUT2D eigenvalue weighted by atomic mass is 9.77. The molecule has 0 aromatic carbocycles. The van der Waals surface area contributed by atoms with Gasteiger partial charge in [-0.3, -0.25) is 9.59 Å². The first-order valence-electron chi connectivity index (χ1n) is 4.94. The van der Waals surface area contributed by atoms with Crippen molar-refractivity contribution >= 4 is 11.9 Å². The SMILES string of the molecule is O=C(N1CC(O)(C2(C(=O)O)CC2)C1)C(F)(F)F. The third-order valence-electron chi connectivity index (χ3n) is 3.48. The van der Waals surface area contributed by atoms with Crippen LogP contribution in [0.3, 0.4) is 0 Å². The first kappa shape index (κ1) is 12.2. The van der Waals surface area contributed by atoms with Crippen LogP contribution in [-0.2, 0) is 9.59 Å². The molecule has 0 radical (unpaired) electrons. The first-order valence-corrected chi connectivity index (χ1v) is 4.94. The highest BCUT2D eigenvalue weighted by Crippen LogP contribution is 2.57. The number of alkyl halides is 3. The quantitative estimate of drug-likeness (QED) is 0.725. The van der Waals surface area contributed by atoms with Gasteiger partial charge in [-0.1, -0.05) is 0 Å². The minimum atomic E-state index is -4.98. The maximum atomic E-state index is 12.1. The van der Waals surface area contributed by atoms with Gasteiger partial charge in [0.15, 0.2) is 0 Å². The number of rotatable bonds is 2. The summed E-state index contributed by atoms with van der Waals surface area (Å²) in [6.07, 6.45) is -4.53. The monoisotopic (exact) mass is 253 g/mol. The lowest BCUT2D eigenvalue weighted by molar-refractivity contribution is -0.214. The van der Waals surface area contributed by atoms with Crippen LogP contribution in [0.4, 0.5) is 13.2 Å². The van der Waals surface area contributed by atoms with Crippen LogP contribution in [0.25, 0.3) is 0 Å². The van der Waals surface area contributed by atoms with Crippen molar-refractivity contribution in [2.45, 2.75) is 24.6 Å². The Morgan fingerprint density at radius 1 is 1.18 bits per heavy atom. The molecule has 5 nitrogen and oxygen atoms in total. The molecule has 2 N–H and O–H groups in total. The van der Waals surface area contributed by atoms with Gasteiger partial charge in [0.05, 0.1) is 18.5 Å². The average Bonchev–Trinajstić information content (AvgIpc) is 2.90. The van der Waals surface area contributed by atoms with E-state index in [4.69, 9.17) is 5.11 Å². The van der Waals surface area contributed by atoms with E-state index in [-0.39, 0.29) is 12.8 Å². The molecular formula is C9H10F3NO4. The van der Waals surface area contributed by atoms with Gasteiger partial charge in [0.2, 0.25) is 0 Å². The fourth-order valence-corrected chi connectivity index (χ4v) is 2.21. The summed E-state index contributed by atoms with van der Waals surface area (Å²) in [4.78, 5) is 22.1. The normalized spacial score (nSPS) is 25.1.